The van der Waals surface area contributed by atoms with Gasteiger partial charge in [-0.15, -0.1) is 0 Å². The van der Waals surface area contributed by atoms with Crippen molar-refractivity contribution < 1.29 is 19.1 Å². The molecular weight excluding hydrogens is 398 g/mol. The van der Waals surface area contributed by atoms with Crippen molar-refractivity contribution in [1.29, 1.82) is 0 Å². The Bertz CT molecular complexity index is 971. The fourth-order valence-corrected chi connectivity index (χ4v) is 5.50. The second-order valence-corrected chi connectivity index (χ2v) is 8.92. The molecule has 2 aromatic heterocycles. The molecule has 9 heteroatoms. The smallest absolute Gasteiger partial charge is 0.244 e. The van der Waals surface area contributed by atoms with E-state index in [0.29, 0.717) is 18.9 Å². The first kappa shape index (κ1) is 20.4. The molecule has 5 rings (SSSR count). The topological polar surface area (TPSA) is 96.9 Å². The zero-order valence-corrected chi connectivity index (χ0v) is 18.0. The highest BCUT2D eigenvalue weighted by Crippen LogP contribution is 2.49. The largest absolute Gasteiger partial charge is 0.465 e. The molecule has 1 spiro atoms. The lowest BCUT2D eigenvalue weighted by atomic mass is 9.83. The standard InChI is InChI=1S/C22H29N5O4/c1-15-23-16(2)27(24-15)11-21(29)26-9-19-18(12-28)20-10-25(13-22(19,14-26)31-20)7-3-5-17-6-4-8-30-17/h3-6,8,18-20,28H,7,9-14H2,1-2H3/b5-3+/t18-,19+,20+,22+/m0/s1. The van der Waals surface area contributed by atoms with E-state index in [1.54, 1.807) is 10.9 Å². The van der Waals surface area contributed by atoms with Crippen molar-refractivity contribution in [3.63, 3.8) is 0 Å². The normalized spacial score (nSPS) is 30.4. The number of aliphatic hydroxyl groups excluding tert-OH is 1. The van der Waals surface area contributed by atoms with Crippen LogP contribution >= 0.6 is 0 Å². The molecule has 0 unspecified atom stereocenters. The number of aryl methyl sites for hydroxylation is 2. The Balaban J connectivity index is 1.28. The summed E-state index contributed by atoms with van der Waals surface area (Å²) >= 11 is 0. The van der Waals surface area contributed by atoms with Crippen LogP contribution in [0, 0.1) is 25.7 Å². The van der Waals surface area contributed by atoms with E-state index in [-0.39, 0.29) is 37.0 Å². The predicted octanol–water partition coefficient (Wildman–Crippen LogP) is 0.721. The van der Waals surface area contributed by atoms with Crippen molar-refractivity contribution in [2.24, 2.45) is 11.8 Å². The van der Waals surface area contributed by atoms with E-state index >= 15 is 0 Å². The number of likely N-dealkylation sites (tertiary alicyclic amines) is 2. The van der Waals surface area contributed by atoms with E-state index in [0.717, 1.165) is 31.2 Å². The quantitative estimate of drug-likeness (QED) is 0.726. The number of morpholine rings is 1. The number of carbonyl (C=O) groups excluding carboxylic acids is 1. The van der Waals surface area contributed by atoms with E-state index in [9.17, 15) is 9.90 Å². The van der Waals surface area contributed by atoms with Gasteiger partial charge in [-0.05, 0) is 32.1 Å². The Kier molecular flexibility index (Phi) is 5.19. The molecule has 3 saturated heterocycles. The van der Waals surface area contributed by atoms with Crippen LogP contribution in [-0.2, 0) is 16.1 Å². The van der Waals surface area contributed by atoms with Gasteiger partial charge in [0.15, 0.2) is 0 Å². The molecule has 0 aromatic carbocycles. The molecular formula is C22H29N5O4. The van der Waals surface area contributed by atoms with Gasteiger partial charge in [-0.2, -0.15) is 5.10 Å². The summed E-state index contributed by atoms with van der Waals surface area (Å²) in [6, 6.07) is 3.80. The molecule has 3 aliphatic heterocycles. The molecule has 5 heterocycles. The summed E-state index contributed by atoms with van der Waals surface area (Å²) in [7, 11) is 0. The number of hydrogen-bond donors (Lipinski definition) is 1. The van der Waals surface area contributed by atoms with E-state index in [2.05, 4.69) is 21.1 Å². The first-order valence-corrected chi connectivity index (χ1v) is 10.8. The average Bonchev–Trinajstić information content (AvgIpc) is 3.46. The van der Waals surface area contributed by atoms with Crippen molar-refractivity contribution in [1.82, 2.24) is 24.6 Å². The zero-order valence-electron chi connectivity index (χ0n) is 18.0. The number of ether oxygens (including phenoxy) is 1. The Morgan fingerprint density at radius 2 is 2.23 bits per heavy atom. The second-order valence-electron chi connectivity index (χ2n) is 8.92. The summed E-state index contributed by atoms with van der Waals surface area (Å²) in [5.41, 5.74) is -0.419. The van der Waals surface area contributed by atoms with E-state index in [1.807, 2.05) is 37.0 Å². The summed E-state index contributed by atoms with van der Waals surface area (Å²) in [5.74, 6) is 2.44. The second kappa shape index (κ2) is 7.89. The lowest BCUT2D eigenvalue weighted by Crippen LogP contribution is -2.54. The summed E-state index contributed by atoms with van der Waals surface area (Å²) in [4.78, 5) is 21.5. The van der Waals surface area contributed by atoms with Crippen LogP contribution in [0.3, 0.4) is 0 Å². The highest BCUT2D eigenvalue weighted by Gasteiger charge is 2.62. The summed E-state index contributed by atoms with van der Waals surface area (Å²) in [6.45, 7) is 7.42. The Morgan fingerprint density at radius 3 is 2.94 bits per heavy atom. The SMILES string of the molecule is Cc1nc(C)n(CC(=O)N2C[C@@H]3[C@H](CO)[C@H]4CN(C/C=C/c5ccco5)C[C@]3(C2)O4)n1. The van der Waals surface area contributed by atoms with Gasteiger partial charge in [0.05, 0.1) is 18.9 Å². The molecule has 2 bridgehead atoms. The zero-order chi connectivity index (χ0) is 21.6. The monoisotopic (exact) mass is 427 g/mol. The predicted molar refractivity (Wildman–Crippen MR) is 112 cm³/mol. The molecule has 0 radical (unpaired) electrons. The van der Waals surface area contributed by atoms with E-state index in [1.165, 1.54) is 0 Å². The molecule has 0 aliphatic carbocycles. The maximum atomic E-state index is 13.0. The fraction of sp³-hybridized carbons (Fsp3) is 0.591. The van der Waals surface area contributed by atoms with Gasteiger partial charge in [0.25, 0.3) is 0 Å². The molecule has 1 amide bonds. The first-order valence-electron chi connectivity index (χ1n) is 10.8. The molecule has 166 valence electrons. The van der Waals surface area contributed by atoms with Gasteiger partial charge in [-0.25, -0.2) is 9.67 Å². The molecule has 2 aromatic rings. The summed E-state index contributed by atoms with van der Waals surface area (Å²) in [6.07, 6.45) is 5.73. The molecule has 4 atom stereocenters. The minimum absolute atomic E-state index is 0.00164. The van der Waals surface area contributed by atoms with Crippen molar-refractivity contribution in [2.45, 2.75) is 32.1 Å². The highest BCUT2D eigenvalue weighted by atomic mass is 16.5. The van der Waals surface area contributed by atoms with Gasteiger partial charge in [0.1, 0.15) is 29.6 Å². The van der Waals surface area contributed by atoms with E-state index in [4.69, 9.17) is 9.15 Å². The maximum absolute atomic E-state index is 13.0. The molecule has 9 nitrogen and oxygen atoms in total. The number of aromatic nitrogens is 3. The first-order chi connectivity index (χ1) is 15.0. The molecule has 3 aliphatic rings. The third-order valence-corrected chi connectivity index (χ3v) is 6.86. The number of rotatable bonds is 6. The van der Waals surface area contributed by atoms with Crippen LogP contribution in [0.15, 0.2) is 28.9 Å². The number of fused-ring (bicyclic) bond motifs is 1. The van der Waals surface area contributed by atoms with Crippen molar-refractivity contribution in [3.8, 4) is 0 Å². The van der Waals surface area contributed by atoms with Crippen LogP contribution < -0.4 is 0 Å². The number of furan rings is 1. The van der Waals surface area contributed by atoms with Gasteiger partial charge in [-0.1, -0.05) is 6.08 Å². The van der Waals surface area contributed by atoms with Gasteiger partial charge in [0, 0.05) is 44.6 Å². The van der Waals surface area contributed by atoms with Crippen molar-refractivity contribution in [3.05, 3.63) is 41.9 Å². The molecule has 3 fully saturated rings. The van der Waals surface area contributed by atoms with Crippen molar-refractivity contribution in [2.75, 3.05) is 39.3 Å². The lowest BCUT2D eigenvalue weighted by Gasteiger charge is -2.40. The van der Waals surface area contributed by atoms with Gasteiger partial charge >= 0.3 is 0 Å². The lowest BCUT2D eigenvalue weighted by molar-refractivity contribution is -0.138. The van der Waals surface area contributed by atoms with Crippen LogP contribution in [0.2, 0.25) is 0 Å². The number of hydrogen-bond acceptors (Lipinski definition) is 7. The minimum atomic E-state index is -0.419. The van der Waals surface area contributed by atoms with Crippen LogP contribution in [0.5, 0.6) is 0 Å². The Labute approximate surface area is 181 Å². The Morgan fingerprint density at radius 1 is 1.35 bits per heavy atom. The molecule has 31 heavy (non-hydrogen) atoms. The fourth-order valence-electron chi connectivity index (χ4n) is 5.50. The van der Waals surface area contributed by atoms with Gasteiger partial charge in [0.2, 0.25) is 5.91 Å². The minimum Gasteiger partial charge on any atom is -0.465 e. The molecule has 0 saturated carbocycles. The molecule has 1 N–H and O–H groups in total. The van der Waals surface area contributed by atoms with Crippen LogP contribution in [0.4, 0.5) is 0 Å². The average molecular weight is 428 g/mol. The van der Waals surface area contributed by atoms with Gasteiger partial charge in [-0.3, -0.25) is 9.69 Å². The van der Waals surface area contributed by atoms with Crippen LogP contribution in [0.25, 0.3) is 6.08 Å². The summed E-state index contributed by atoms with van der Waals surface area (Å²) < 4.78 is 13.5. The van der Waals surface area contributed by atoms with Gasteiger partial charge < -0.3 is 19.2 Å². The third kappa shape index (κ3) is 3.71. The third-order valence-electron chi connectivity index (χ3n) is 6.86. The van der Waals surface area contributed by atoms with Crippen molar-refractivity contribution >= 4 is 12.0 Å². The number of aliphatic hydroxyl groups is 1. The number of carbonyl (C=O) groups is 1. The maximum Gasteiger partial charge on any atom is 0.244 e. The number of amides is 1. The van der Waals surface area contributed by atoms with E-state index < -0.39 is 5.60 Å². The van der Waals surface area contributed by atoms with Crippen LogP contribution in [0.1, 0.15) is 17.4 Å². The highest BCUT2D eigenvalue weighted by molar-refractivity contribution is 5.76. The number of nitrogens with zero attached hydrogens (tertiary/aromatic N) is 5. The summed E-state index contributed by atoms with van der Waals surface area (Å²) in [5, 5.41) is 14.4. The Hall–Kier alpha value is -2.49. The van der Waals surface area contributed by atoms with Crippen LogP contribution in [-0.4, -0.2) is 86.6 Å².